The lowest BCUT2D eigenvalue weighted by molar-refractivity contribution is -0.137. The van der Waals surface area contributed by atoms with Crippen molar-refractivity contribution in [1.82, 2.24) is 9.88 Å². The molecular formula is C25H21N3O2. The van der Waals surface area contributed by atoms with Crippen LogP contribution in [-0.4, -0.2) is 28.2 Å². The van der Waals surface area contributed by atoms with Gasteiger partial charge in [0.25, 0.3) is 11.8 Å². The number of fused-ring (bicyclic) bond motifs is 1. The van der Waals surface area contributed by atoms with E-state index in [1.807, 2.05) is 71.6 Å². The summed E-state index contributed by atoms with van der Waals surface area (Å²) in [5, 5.41) is 0. The molecule has 0 atom stereocenters. The molecular weight excluding hydrogens is 374 g/mol. The Hall–Kier alpha value is -3.73. The molecule has 0 saturated heterocycles. The number of nitrogens with zero attached hydrogens (tertiary/aromatic N) is 3. The van der Waals surface area contributed by atoms with Gasteiger partial charge in [0.05, 0.1) is 17.8 Å². The molecule has 5 heteroatoms. The number of carbonyl (C=O) groups excluding carboxylic acids is 2. The van der Waals surface area contributed by atoms with E-state index in [4.69, 9.17) is 0 Å². The SMILES string of the molecule is O=C1C(c2ccccc2)=C(N2CCCc3ccccc32)C(=O)N1Cc1ccccn1. The Balaban J connectivity index is 1.62. The fraction of sp³-hybridized carbons (Fsp3) is 0.160. The molecule has 2 aliphatic heterocycles. The molecule has 5 rings (SSSR count). The number of benzene rings is 2. The summed E-state index contributed by atoms with van der Waals surface area (Å²) >= 11 is 0. The van der Waals surface area contributed by atoms with Gasteiger partial charge in [-0.15, -0.1) is 0 Å². The minimum atomic E-state index is -0.269. The van der Waals surface area contributed by atoms with Crippen LogP contribution in [0.5, 0.6) is 0 Å². The number of pyridine rings is 1. The van der Waals surface area contributed by atoms with Gasteiger partial charge in [-0.25, -0.2) is 0 Å². The van der Waals surface area contributed by atoms with Crippen molar-refractivity contribution in [1.29, 1.82) is 0 Å². The lowest BCUT2D eigenvalue weighted by Gasteiger charge is -2.32. The third kappa shape index (κ3) is 3.08. The molecule has 2 aromatic carbocycles. The summed E-state index contributed by atoms with van der Waals surface area (Å²) in [5.74, 6) is -0.531. The maximum atomic E-state index is 13.6. The van der Waals surface area contributed by atoms with Crippen LogP contribution in [0.4, 0.5) is 5.69 Å². The van der Waals surface area contributed by atoms with Crippen molar-refractivity contribution in [3.8, 4) is 0 Å². The van der Waals surface area contributed by atoms with Crippen molar-refractivity contribution >= 4 is 23.1 Å². The number of anilines is 1. The smallest absolute Gasteiger partial charge is 0.278 e. The maximum absolute atomic E-state index is 13.6. The fourth-order valence-electron chi connectivity index (χ4n) is 4.24. The first-order valence-electron chi connectivity index (χ1n) is 10.2. The van der Waals surface area contributed by atoms with Crippen LogP contribution in [0, 0.1) is 0 Å². The van der Waals surface area contributed by atoms with Gasteiger partial charge in [-0.1, -0.05) is 54.6 Å². The van der Waals surface area contributed by atoms with Gasteiger partial charge < -0.3 is 4.90 Å². The molecule has 3 aromatic rings. The summed E-state index contributed by atoms with van der Waals surface area (Å²) in [7, 11) is 0. The topological polar surface area (TPSA) is 53.5 Å². The first-order chi connectivity index (χ1) is 14.7. The molecule has 0 spiro atoms. The lowest BCUT2D eigenvalue weighted by Crippen LogP contribution is -2.37. The van der Waals surface area contributed by atoms with E-state index >= 15 is 0 Å². The highest BCUT2D eigenvalue weighted by Crippen LogP contribution is 2.38. The Morgan fingerprint density at radius 1 is 0.833 bits per heavy atom. The van der Waals surface area contributed by atoms with Crippen molar-refractivity contribution in [2.45, 2.75) is 19.4 Å². The van der Waals surface area contributed by atoms with Crippen molar-refractivity contribution in [2.24, 2.45) is 0 Å². The first-order valence-corrected chi connectivity index (χ1v) is 10.2. The van der Waals surface area contributed by atoms with E-state index < -0.39 is 0 Å². The first kappa shape index (κ1) is 18.3. The van der Waals surface area contributed by atoms with Gasteiger partial charge in [0, 0.05) is 18.4 Å². The summed E-state index contributed by atoms with van der Waals surface area (Å²) in [5.41, 5.74) is 4.59. The van der Waals surface area contributed by atoms with E-state index in [2.05, 4.69) is 11.1 Å². The number of aryl methyl sites for hydroxylation is 1. The van der Waals surface area contributed by atoms with Gasteiger partial charge in [-0.3, -0.25) is 19.5 Å². The number of rotatable bonds is 4. The zero-order chi connectivity index (χ0) is 20.5. The van der Waals surface area contributed by atoms with Crippen LogP contribution in [0.15, 0.2) is 84.7 Å². The highest BCUT2D eigenvalue weighted by molar-refractivity contribution is 6.36. The number of amides is 2. The second-order valence-corrected chi connectivity index (χ2v) is 7.49. The molecule has 30 heavy (non-hydrogen) atoms. The predicted molar refractivity (Wildman–Crippen MR) is 115 cm³/mol. The van der Waals surface area contributed by atoms with E-state index in [0.717, 1.165) is 24.1 Å². The van der Waals surface area contributed by atoms with Crippen LogP contribution in [0.3, 0.4) is 0 Å². The molecule has 0 unspecified atom stereocenters. The van der Waals surface area contributed by atoms with Gasteiger partial charge in [-0.05, 0) is 42.2 Å². The zero-order valence-electron chi connectivity index (χ0n) is 16.5. The molecule has 2 amide bonds. The van der Waals surface area contributed by atoms with Gasteiger partial charge in [0.1, 0.15) is 5.70 Å². The number of hydrogen-bond donors (Lipinski definition) is 0. The average Bonchev–Trinajstić information content (AvgIpc) is 3.04. The molecule has 0 saturated carbocycles. The van der Waals surface area contributed by atoms with Crippen LogP contribution < -0.4 is 4.90 Å². The average molecular weight is 395 g/mol. The second-order valence-electron chi connectivity index (χ2n) is 7.49. The summed E-state index contributed by atoms with van der Waals surface area (Å²) in [6.07, 6.45) is 3.58. The Labute approximate surface area is 175 Å². The maximum Gasteiger partial charge on any atom is 0.278 e. The van der Waals surface area contributed by atoms with Gasteiger partial charge in [0.2, 0.25) is 0 Å². The van der Waals surface area contributed by atoms with Crippen LogP contribution >= 0.6 is 0 Å². The molecule has 0 aliphatic carbocycles. The molecule has 0 N–H and O–H groups in total. The molecule has 0 radical (unpaired) electrons. The van der Waals surface area contributed by atoms with E-state index in [-0.39, 0.29) is 18.4 Å². The quantitative estimate of drug-likeness (QED) is 0.631. The monoisotopic (exact) mass is 395 g/mol. The summed E-state index contributed by atoms with van der Waals surface area (Å²) in [4.78, 5) is 34.7. The number of carbonyl (C=O) groups is 2. The third-order valence-corrected chi connectivity index (χ3v) is 5.63. The fourth-order valence-corrected chi connectivity index (χ4v) is 4.24. The summed E-state index contributed by atoms with van der Waals surface area (Å²) < 4.78 is 0. The van der Waals surface area contributed by atoms with Crippen molar-refractivity contribution in [3.05, 3.63) is 102 Å². The summed E-state index contributed by atoms with van der Waals surface area (Å²) in [6, 6.07) is 23.1. The Morgan fingerprint density at radius 2 is 1.60 bits per heavy atom. The molecule has 0 fully saturated rings. The van der Waals surface area contributed by atoms with Crippen LogP contribution in [0.1, 0.15) is 23.2 Å². The largest absolute Gasteiger partial charge is 0.336 e. The Morgan fingerprint density at radius 3 is 2.40 bits per heavy atom. The number of para-hydroxylation sites is 1. The molecule has 1 aromatic heterocycles. The molecule has 5 nitrogen and oxygen atoms in total. The lowest BCUT2D eigenvalue weighted by atomic mass is 9.98. The highest BCUT2D eigenvalue weighted by Gasteiger charge is 2.42. The van der Waals surface area contributed by atoms with Crippen LogP contribution in [0.25, 0.3) is 5.57 Å². The van der Waals surface area contributed by atoms with E-state index in [1.165, 1.54) is 10.5 Å². The zero-order valence-corrected chi connectivity index (χ0v) is 16.5. The number of hydrogen-bond acceptors (Lipinski definition) is 4. The van der Waals surface area contributed by atoms with Gasteiger partial charge in [0.15, 0.2) is 0 Å². The number of aromatic nitrogens is 1. The Bertz CT molecular complexity index is 1140. The van der Waals surface area contributed by atoms with Crippen molar-refractivity contribution in [3.63, 3.8) is 0 Å². The van der Waals surface area contributed by atoms with Crippen molar-refractivity contribution in [2.75, 3.05) is 11.4 Å². The minimum Gasteiger partial charge on any atom is -0.336 e. The van der Waals surface area contributed by atoms with Crippen molar-refractivity contribution < 1.29 is 9.59 Å². The van der Waals surface area contributed by atoms with E-state index in [9.17, 15) is 9.59 Å². The normalized spacial score (nSPS) is 16.3. The molecule has 0 bridgehead atoms. The molecule has 3 heterocycles. The molecule has 148 valence electrons. The predicted octanol–water partition coefficient (Wildman–Crippen LogP) is 3.81. The van der Waals surface area contributed by atoms with Gasteiger partial charge >= 0.3 is 0 Å². The minimum absolute atomic E-state index is 0.161. The van der Waals surface area contributed by atoms with E-state index in [1.54, 1.807) is 6.20 Å². The van der Waals surface area contributed by atoms with E-state index in [0.29, 0.717) is 23.5 Å². The van der Waals surface area contributed by atoms with Crippen LogP contribution in [-0.2, 0) is 22.6 Å². The summed E-state index contributed by atoms with van der Waals surface area (Å²) in [6.45, 7) is 0.868. The van der Waals surface area contributed by atoms with Gasteiger partial charge in [-0.2, -0.15) is 0 Å². The molecule has 2 aliphatic rings. The number of imide groups is 1. The second kappa shape index (κ2) is 7.59. The van der Waals surface area contributed by atoms with Crippen LogP contribution in [0.2, 0.25) is 0 Å². The third-order valence-electron chi connectivity index (χ3n) is 5.63. The standard InChI is InChI=1S/C25H21N3O2/c29-24-22(19-10-2-1-3-11-19)23(25(30)28(24)17-20-13-6-7-15-26-20)27-16-8-12-18-9-4-5-14-21(18)27/h1-7,9-11,13-15H,8,12,16-17H2. The highest BCUT2D eigenvalue weighted by atomic mass is 16.2. The Kier molecular flexibility index (Phi) is 4.64.